The van der Waals surface area contributed by atoms with Crippen molar-refractivity contribution in [3.05, 3.63) is 86.5 Å². The maximum Gasteiger partial charge on any atom is 0.269 e. The van der Waals surface area contributed by atoms with Crippen molar-refractivity contribution in [1.29, 1.82) is 0 Å². The molecule has 0 N–H and O–H groups in total. The molecule has 3 aromatic rings. The first-order chi connectivity index (χ1) is 11.6. The number of carbonyl (C=O) groups is 1. The van der Waals surface area contributed by atoms with Crippen molar-refractivity contribution in [2.45, 2.75) is 13.1 Å². The second kappa shape index (κ2) is 7.10. The van der Waals surface area contributed by atoms with E-state index in [0.29, 0.717) is 18.7 Å². The molecule has 1 amide bonds. The average Bonchev–Trinajstić information content (AvgIpc) is 3.27. The maximum absolute atomic E-state index is 12.8. The molecular weight excluding hydrogens is 328 g/mol. The van der Waals surface area contributed by atoms with Gasteiger partial charge in [0.05, 0.1) is 24.0 Å². The third-order valence-electron chi connectivity index (χ3n) is 3.49. The minimum atomic E-state index is -0.483. The number of thiophene rings is 1. The van der Waals surface area contributed by atoms with Crippen LogP contribution in [0.5, 0.6) is 0 Å². The first kappa shape index (κ1) is 15.9. The molecule has 3 rings (SSSR count). The normalized spacial score (nSPS) is 10.5. The Morgan fingerprint density at radius 2 is 1.96 bits per heavy atom. The number of nitrogens with zero attached hydrogens (tertiary/aromatic N) is 2. The van der Waals surface area contributed by atoms with E-state index in [1.165, 1.54) is 24.3 Å². The molecule has 7 heteroatoms. The molecule has 0 saturated heterocycles. The molecule has 0 unspecified atom stereocenters. The first-order valence-electron chi connectivity index (χ1n) is 7.20. The molecular formula is C17H14N2O4S. The largest absolute Gasteiger partial charge is 0.472 e. The molecule has 0 spiro atoms. The zero-order valence-corrected chi connectivity index (χ0v) is 13.4. The van der Waals surface area contributed by atoms with Crippen LogP contribution in [0.25, 0.3) is 0 Å². The fourth-order valence-corrected chi connectivity index (χ4v) is 3.02. The van der Waals surface area contributed by atoms with Crippen LogP contribution in [0.2, 0.25) is 0 Å². The summed E-state index contributed by atoms with van der Waals surface area (Å²) in [5, 5.41) is 12.7. The second-order valence-corrected chi connectivity index (χ2v) is 6.21. The summed E-state index contributed by atoms with van der Waals surface area (Å²) in [4.78, 5) is 25.8. The van der Waals surface area contributed by atoms with Crippen LogP contribution >= 0.6 is 11.3 Å². The molecule has 0 saturated carbocycles. The quantitative estimate of drug-likeness (QED) is 0.499. The fraction of sp³-hybridized carbons (Fsp3) is 0.118. The molecule has 0 aliphatic rings. The highest BCUT2D eigenvalue weighted by molar-refractivity contribution is 7.09. The van der Waals surface area contributed by atoms with Crippen LogP contribution in [0.3, 0.4) is 0 Å². The van der Waals surface area contributed by atoms with Crippen LogP contribution in [0.15, 0.2) is 64.8 Å². The van der Waals surface area contributed by atoms with Gasteiger partial charge in [-0.3, -0.25) is 14.9 Å². The summed E-state index contributed by atoms with van der Waals surface area (Å²) >= 11 is 1.58. The van der Waals surface area contributed by atoms with E-state index in [-0.39, 0.29) is 11.6 Å². The van der Waals surface area contributed by atoms with E-state index in [1.54, 1.807) is 28.8 Å². The highest BCUT2D eigenvalue weighted by Gasteiger charge is 2.18. The molecule has 0 bridgehead atoms. The number of rotatable bonds is 6. The number of benzene rings is 1. The number of non-ortho nitro benzene ring substituents is 1. The van der Waals surface area contributed by atoms with E-state index < -0.39 is 4.92 Å². The van der Waals surface area contributed by atoms with Gasteiger partial charge in [-0.1, -0.05) is 6.07 Å². The Bertz CT molecular complexity index is 775. The van der Waals surface area contributed by atoms with Crippen LogP contribution in [0, 0.1) is 10.1 Å². The van der Waals surface area contributed by atoms with Crippen molar-refractivity contribution < 1.29 is 14.1 Å². The third-order valence-corrected chi connectivity index (χ3v) is 4.35. The molecule has 24 heavy (non-hydrogen) atoms. The van der Waals surface area contributed by atoms with Crippen molar-refractivity contribution in [3.8, 4) is 0 Å². The summed E-state index contributed by atoms with van der Waals surface area (Å²) in [5.41, 5.74) is 1.27. The first-order valence-corrected chi connectivity index (χ1v) is 8.08. The Hall–Kier alpha value is -2.93. The van der Waals surface area contributed by atoms with Gasteiger partial charge in [0.2, 0.25) is 0 Å². The zero-order valence-electron chi connectivity index (χ0n) is 12.6. The zero-order chi connectivity index (χ0) is 16.9. The predicted molar refractivity (Wildman–Crippen MR) is 89.7 cm³/mol. The Labute approximate surface area is 142 Å². The lowest BCUT2D eigenvalue weighted by Gasteiger charge is -2.21. The van der Waals surface area contributed by atoms with Gasteiger partial charge in [-0.05, 0) is 29.6 Å². The van der Waals surface area contributed by atoms with Gasteiger partial charge in [-0.2, -0.15) is 0 Å². The Balaban J connectivity index is 1.82. The number of carbonyl (C=O) groups excluding carboxylic acids is 1. The topological polar surface area (TPSA) is 76.6 Å². The number of nitro groups is 1. The standard InChI is InChI=1S/C17H14N2O4S/c20-17(14-3-5-15(6-4-14)19(21)22)18(10-13-7-8-23-12-13)11-16-2-1-9-24-16/h1-9,12H,10-11H2. The lowest BCUT2D eigenvalue weighted by atomic mass is 10.1. The molecule has 2 aromatic heterocycles. The van der Waals surface area contributed by atoms with E-state index in [2.05, 4.69) is 0 Å². The van der Waals surface area contributed by atoms with E-state index in [1.807, 2.05) is 23.6 Å². The van der Waals surface area contributed by atoms with Gasteiger partial charge < -0.3 is 9.32 Å². The van der Waals surface area contributed by atoms with Gasteiger partial charge in [0.25, 0.3) is 11.6 Å². The SMILES string of the molecule is O=C(c1ccc([N+](=O)[O-])cc1)N(Cc1ccoc1)Cc1cccs1. The predicted octanol–water partition coefficient (Wildman–Crippen LogP) is 4.09. The average molecular weight is 342 g/mol. The van der Waals surface area contributed by atoms with Gasteiger partial charge >= 0.3 is 0 Å². The molecule has 0 radical (unpaired) electrons. The minimum Gasteiger partial charge on any atom is -0.472 e. The highest BCUT2D eigenvalue weighted by Crippen LogP contribution is 2.19. The molecule has 122 valence electrons. The molecule has 0 aliphatic carbocycles. The molecule has 1 aromatic carbocycles. The lowest BCUT2D eigenvalue weighted by Crippen LogP contribution is -2.29. The summed E-state index contributed by atoms with van der Waals surface area (Å²) in [6.45, 7) is 0.878. The van der Waals surface area contributed by atoms with Gasteiger partial charge in [-0.25, -0.2) is 0 Å². The van der Waals surface area contributed by atoms with Gasteiger partial charge in [0.1, 0.15) is 0 Å². The summed E-state index contributed by atoms with van der Waals surface area (Å²) in [6, 6.07) is 11.4. The number of hydrogen-bond donors (Lipinski definition) is 0. The third kappa shape index (κ3) is 3.69. The van der Waals surface area contributed by atoms with Crippen LogP contribution in [-0.2, 0) is 13.1 Å². The van der Waals surface area contributed by atoms with Crippen LogP contribution < -0.4 is 0 Å². The smallest absolute Gasteiger partial charge is 0.269 e. The molecule has 0 aliphatic heterocycles. The molecule has 2 heterocycles. The van der Waals surface area contributed by atoms with E-state index in [9.17, 15) is 14.9 Å². The van der Waals surface area contributed by atoms with Gasteiger partial charge in [0, 0.05) is 34.7 Å². The van der Waals surface area contributed by atoms with E-state index in [0.717, 1.165) is 10.4 Å². The highest BCUT2D eigenvalue weighted by atomic mass is 32.1. The molecule has 0 fully saturated rings. The van der Waals surface area contributed by atoms with E-state index in [4.69, 9.17) is 4.42 Å². The summed E-state index contributed by atoms with van der Waals surface area (Å²) in [5.74, 6) is -0.181. The van der Waals surface area contributed by atoms with Crippen molar-refractivity contribution in [2.75, 3.05) is 0 Å². The number of nitro benzene ring substituents is 1. The Morgan fingerprint density at radius 1 is 1.17 bits per heavy atom. The fourth-order valence-electron chi connectivity index (χ4n) is 2.30. The van der Waals surface area contributed by atoms with Crippen LogP contribution in [0.1, 0.15) is 20.8 Å². The van der Waals surface area contributed by atoms with E-state index >= 15 is 0 Å². The Morgan fingerprint density at radius 3 is 2.54 bits per heavy atom. The van der Waals surface area contributed by atoms with Crippen molar-refractivity contribution in [3.63, 3.8) is 0 Å². The van der Waals surface area contributed by atoms with Crippen molar-refractivity contribution in [1.82, 2.24) is 4.90 Å². The van der Waals surface area contributed by atoms with Gasteiger partial charge in [-0.15, -0.1) is 11.3 Å². The molecule has 0 atom stereocenters. The summed E-state index contributed by atoms with van der Waals surface area (Å²) < 4.78 is 5.07. The lowest BCUT2D eigenvalue weighted by molar-refractivity contribution is -0.384. The van der Waals surface area contributed by atoms with Crippen molar-refractivity contribution >= 4 is 22.9 Å². The Kier molecular flexibility index (Phi) is 4.72. The monoisotopic (exact) mass is 342 g/mol. The number of amides is 1. The second-order valence-electron chi connectivity index (χ2n) is 5.18. The number of furan rings is 1. The van der Waals surface area contributed by atoms with Crippen LogP contribution in [-0.4, -0.2) is 15.7 Å². The number of hydrogen-bond acceptors (Lipinski definition) is 5. The van der Waals surface area contributed by atoms with Crippen molar-refractivity contribution in [2.24, 2.45) is 0 Å². The van der Waals surface area contributed by atoms with Gasteiger partial charge in [0.15, 0.2) is 0 Å². The summed E-state index contributed by atoms with van der Waals surface area (Å²) in [6.07, 6.45) is 3.17. The minimum absolute atomic E-state index is 0.0359. The summed E-state index contributed by atoms with van der Waals surface area (Å²) in [7, 11) is 0. The maximum atomic E-state index is 12.8. The molecule has 6 nitrogen and oxygen atoms in total. The van der Waals surface area contributed by atoms with Crippen LogP contribution in [0.4, 0.5) is 5.69 Å².